The zero-order chi connectivity index (χ0) is 14.4. The summed E-state index contributed by atoms with van der Waals surface area (Å²) in [4.78, 5) is 11.5. The van der Waals surface area contributed by atoms with Crippen molar-refractivity contribution in [3.8, 4) is 0 Å². The highest BCUT2D eigenvalue weighted by Crippen LogP contribution is 2.30. The van der Waals surface area contributed by atoms with E-state index in [0.29, 0.717) is 5.92 Å². The fraction of sp³-hybridized carbons (Fsp3) is 0.667. The first-order valence-corrected chi connectivity index (χ1v) is 7.25. The molecule has 0 saturated carbocycles. The summed E-state index contributed by atoms with van der Waals surface area (Å²) < 4.78 is 15.9. The van der Waals surface area contributed by atoms with Gasteiger partial charge in [0.15, 0.2) is 0 Å². The van der Waals surface area contributed by atoms with E-state index >= 15 is 0 Å². The molecular weight excluding hydrogens is 258 g/mol. The van der Waals surface area contributed by atoms with E-state index in [2.05, 4.69) is 17.0 Å². The number of rotatable bonds is 6. The molecule has 1 aliphatic rings. The van der Waals surface area contributed by atoms with Crippen molar-refractivity contribution in [3.05, 3.63) is 23.7 Å². The van der Waals surface area contributed by atoms with E-state index in [9.17, 15) is 4.79 Å². The van der Waals surface area contributed by atoms with Gasteiger partial charge in [0.25, 0.3) is 0 Å². The van der Waals surface area contributed by atoms with Gasteiger partial charge in [-0.3, -0.25) is 0 Å². The molecule has 2 atom stereocenters. The fourth-order valence-corrected chi connectivity index (χ4v) is 2.56. The van der Waals surface area contributed by atoms with Crippen molar-refractivity contribution < 1.29 is 18.7 Å². The van der Waals surface area contributed by atoms with Crippen molar-refractivity contribution in [2.45, 2.75) is 32.2 Å². The minimum absolute atomic E-state index is 0.0913. The van der Waals surface area contributed by atoms with Crippen molar-refractivity contribution in [1.82, 2.24) is 5.32 Å². The van der Waals surface area contributed by atoms with Crippen LogP contribution in [0.15, 0.2) is 16.5 Å². The summed E-state index contributed by atoms with van der Waals surface area (Å²) >= 11 is 0. The molecule has 20 heavy (non-hydrogen) atoms. The number of furan rings is 1. The molecule has 5 heteroatoms. The van der Waals surface area contributed by atoms with E-state index in [4.69, 9.17) is 9.15 Å². The van der Waals surface area contributed by atoms with Crippen LogP contribution in [-0.4, -0.2) is 32.8 Å². The summed E-state index contributed by atoms with van der Waals surface area (Å²) in [5.74, 6) is 0.981. The van der Waals surface area contributed by atoms with Crippen LogP contribution in [0.25, 0.3) is 0 Å². The number of carbonyl (C=O) groups excluding carboxylic acids is 1. The second-order valence-corrected chi connectivity index (χ2v) is 5.10. The lowest BCUT2D eigenvalue weighted by Crippen LogP contribution is -2.33. The molecule has 0 bridgehead atoms. The lowest BCUT2D eigenvalue weighted by Gasteiger charge is -2.29. The maximum atomic E-state index is 11.5. The molecule has 0 radical (unpaired) electrons. The second-order valence-electron chi connectivity index (χ2n) is 5.10. The van der Waals surface area contributed by atoms with E-state index in [-0.39, 0.29) is 11.8 Å². The van der Waals surface area contributed by atoms with Crippen molar-refractivity contribution in [1.29, 1.82) is 0 Å². The Morgan fingerprint density at radius 1 is 1.55 bits per heavy atom. The van der Waals surface area contributed by atoms with Gasteiger partial charge in [-0.05, 0) is 37.9 Å². The van der Waals surface area contributed by atoms with Crippen LogP contribution in [0.1, 0.15) is 48.5 Å². The first kappa shape index (κ1) is 15.1. The zero-order valence-corrected chi connectivity index (χ0v) is 12.2. The number of hydrogen-bond acceptors (Lipinski definition) is 5. The van der Waals surface area contributed by atoms with Gasteiger partial charge >= 0.3 is 5.97 Å². The second kappa shape index (κ2) is 7.45. The fourth-order valence-electron chi connectivity index (χ4n) is 2.56. The molecule has 0 spiro atoms. The van der Waals surface area contributed by atoms with Gasteiger partial charge in [0.1, 0.15) is 5.76 Å². The normalized spacial score (nSPS) is 20.6. The molecule has 112 valence electrons. The van der Waals surface area contributed by atoms with E-state index in [1.807, 2.05) is 6.07 Å². The van der Waals surface area contributed by atoms with Crippen LogP contribution in [0.2, 0.25) is 0 Å². The van der Waals surface area contributed by atoms with Crippen LogP contribution < -0.4 is 5.32 Å². The SMILES string of the molecule is CCCNC(c1ccc(C(=O)OC)o1)C1CCCOC1. The predicted octanol–water partition coefficient (Wildman–Crippen LogP) is 2.53. The summed E-state index contributed by atoms with van der Waals surface area (Å²) in [5, 5.41) is 3.50. The number of methoxy groups -OCH3 is 1. The quantitative estimate of drug-likeness (QED) is 0.812. The number of ether oxygens (including phenoxy) is 2. The van der Waals surface area contributed by atoms with Crippen LogP contribution in [0.3, 0.4) is 0 Å². The molecule has 2 heterocycles. The van der Waals surface area contributed by atoms with Crippen molar-refractivity contribution in [2.24, 2.45) is 5.92 Å². The summed E-state index contributed by atoms with van der Waals surface area (Å²) in [6.45, 7) is 4.61. The number of hydrogen-bond donors (Lipinski definition) is 1. The van der Waals surface area contributed by atoms with Gasteiger partial charge in [-0.25, -0.2) is 4.79 Å². The van der Waals surface area contributed by atoms with E-state index in [1.165, 1.54) is 7.11 Å². The van der Waals surface area contributed by atoms with Crippen LogP contribution in [-0.2, 0) is 9.47 Å². The minimum atomic E-state index is -0.439. The Kier molecular flexibility index (Phi) is 5.61. The van der Waals surface area contributed by atoms with Crippen LogP contribution >= 0.6 is 0 Å². The Labute approximate surface area is 119 Å². The van der Waals surface area contributed by atoms with Crippen molar-refractivity contribution in [3.63, 3.8) is 0 Å². The average Bonchev–Trinajstić information content (AvgIpc) is 2.98. The molecule has 1 aromatic heterocycles. The van der Waals surface area contributed by atoms with Gasteiger partial charge < -0.3 is 19.2 Å². The molecule has 1 N–H and O–H groups in total. The van der Waals surface area contributed by atoms with Gasteiger partial charge in [-0.15, -0.1) is 0 Å². The summed E-state index contributed by atoms with van der Waals surface area (Å²) in [5.41, 5.74) is 0. The van der Waals surface area contributed by atoms with E-state index < -0.39 is 5.97 Å². The van der Waals surface area contributed by atoms with Gasteiger partial charge in [0, 0.05) is 12.5 Å². The van der Waals surface area contributed by atoms with Gasteiger partial charge in [0.2, 0.25) is 5.76 Å². The van der Waals surface area contributed by atoms with E-state index in [1.54, 1.807) is 6.07 Å². The van der Waals surface area contributed by atoms with Crippen LogP contribution in [0, 0.1) is 5.92 Å². The Bertz CT molecular complexity index is 423. The third-order valence-electron chi connectivity index (χ3n) is 3.60. The maximum Gasteiger partial charge on any atom is 0.373 e. The largest absolute Gasteiger partial charge is 0.463 e. The maximum absolute atomic E-state index is 11.5. The lowest BCUT2D eigenvalue weighted by atomic mass is 9.92. The molecule has 1 aliphatic heterocycles. The van der Waals surface area contributed by atoms with Gasteiger partial charge in [-0.2, -0.15) is 0 Å². The Morgan fingerprint density at radius 3 is 3.05 bits per heavy atom. The smallest absolute Gasteiger partial charge is 0.373 e. The van der Waals surface area contributed by atoms with Gasteiger partial charge in [0.05, 0.1) is 19.8 Å². The van der Waals surface area contributed by atoms with E-state index in [0.717, 1.165) is 44.8 Å². The topological polar surface area (TPSA) is 60.7 Å². The number of carbonyl (C=O) groups is 1. The van der Waals surface area contributed by atoms with Crippen molar-refractivity contribution in [2.75, 3.05) is 26.9 Å². The molecule has 5 nitrogen and oxygen atoms in total. The monoisotopic (exact) mass is 281 g/mol. The van der Waals surface area contributed by atoms with Crippen LogP contribution in [0.4, 0.5) is 0 Å². The molecule has 1 aromatic rings. The first-order valence-electron chi connectivity index (χ1n) is 7.25. The Morgan fingerprint density at radius 2 is 2.40 bits per heavy atom. The Hall–Kier alpha value is -1.33. The Balaban J connectivity index is 2.12. The molecule has 1 saturated heterocycles. The highest BCUT2D eigenvalue weighted by Gasteiger charge is 2.28. The highest BCUT2D eigenvalue weighted by molar-refractivity contribution is 5.86. The molecule has 1 fully saturated rings. The molecule has 2 rings (SSSR count). The first-order chi connectivity index (χ1) is 9.76. The molecule has 2 unspecified atom stereocenters. The number of nitrogens with one attached hydrogen (secondary N) is 1. The molecule has 0 amide bonds. The standard InChI is InChI=1S/C15H23NO4/c1-3-8-16-14(11-5-4-9-19-10-11)12-6-7-13(20-12)15(17)18-2/h6-7,11,14,16H,3-5,8-10H2,1-2H3. The molecular formula is C15H23NO4. The number of esters is 1. The lowest BCUT2D eigenvalue weighted by molar-refractivity contribution is 0.0348. The summed E-state index contributed by atoms with van der Waals surface area (Å²) in [6, 6.07) is 3.62. The van der Waals surface area contributed by atoms with Gasteiger partial charge in [-0.1, -0.05) is 6.92 Å². The highest BCUT2D eigenvalue weighted by atomic mass is 16.5. The molecule has 0 aliphatic carbocycles. The van der Waals surface area contributed by atoms with Crippen LogP contribution in [0.5, 0.6) is 0 Å². The summed E-state index contributed by atoms with van der Waals surface area (Å²) in [6.07, 6.45) is 3.23. The predicted molar refractivity (Wildman–Crippen MR) is 74.6 cm³/mol. The third kappa shape index (κ3) is 3.61. The minimum Gasteiger partial charge on any atom is -0.463 e. The van der Waals surface area contributed by atoms with Crippen molar-refractivity contribution >= 4 is 5.97 Å². The average molecular weight is 281 g/mol. The zero-order valence-electron chi connectivity index (χ0n) is 12.2. The molecule has 0 aromatic carbocycles. The summed E-state index contributed by atoms with van der Waals surface area (Å²) in [7, 11) is 1.35. The third-order valence-corrected chi connectivity index (χ3v) is 3.60.